The highest BCUT2D eigenvalue weighted by Gasteiger charge is 2.53. The molecule has 0 aliphatic carbocycles. The molecule has 0 spiro atoms. The van der Waals surface area contributed by atoms with Crippen molar-refractivity contribution in [1.29, 1.82) is 0 Å². The zero-order valence-electron chi connectivity index (χ0n) is 24.6. The molecule has 1 amide bonds. The van der Waals surface area contributed by atoms with Gasteiger partial charge in [-0.05, 0) is 68.1 Å². The average molecular weight is 598 g/mol. The van der Waals surface area contributed by atoms with Gasteiger partial charge in [0.25, 0.3) is 5.91 Å². The van der Waals surface area contributed by atoms with Crippen LogP contribution in [-0.2, 0) is 25.6 Å². The molecule has 0 bridgehead atoms. The molecule has 0 saturated heterocycles. The molecule has 1 aliphatic rings. The Hall–Kier alpha value is -4.16. The number of ether oxygens (including phenoxy) is 3. The number of esters is 1. The summed E-state index contributed by atoms with van der Waals surface area (Å²) in [6.45, 7) is 4.72. The van der Waals surface area contributed by atoms with Crippen molar-refractivity contribution in [2.75, 3.05) is 26.4 Å². The minimum atomic E-state index is -1.70. The van der Waals surface area contributed by atoms with Crippen LogP contribution >= 0.6 is 0 Å². The van der Waals surface area contributed by atoms with E-state index >= 15 is 0 Å². The van der Waals surface area contributed by atoms with Crippen molar-refractivity contribution in [1.82, 2.24) is 5.32 Å². The second-order valence-electron chi connectivity index (χ2n) is 11.0. The fourth-order valence-electron chi connectivity index (χ4n) is 4.50. The van der Waals surface area contributed by atoms with Crippen molar-refractivity contribution < 1.29 is 39.1 Å². The molecule has 1 heterocycles. The molecule has 0 aromatic heterocycles. The molecule has 232 valence electrons. The molecule has 2 aromatic carbocycles. The number of nitrogens with zero attached hydrogens (tertiary/aromatic N) is 4. The minimum absolute atomic E-state index is 0.00798. The number of aliphatic imine (C=N–C) groups is 1. The lowest BCUT2D eigenvalue weighted by molar-refractivity contribution is -0.155. The van der Waals surface area contributed by atoms with E-state index in [9.17, 15) is 19.8 Å². The molecular formula is C30H39N5O8. The first-order valence-electron chi connectivity index (χ1n) is 14.0. The van der Waals surface area contributed by atoms with Crippen LogP contribution in [-0.4, -0.2) is 76.7 Å². The molecule has 13 nitrogen and oxygen atoms in total. The van der Waals surface area contributed by atoms with E-state index in [-0.39, 0.29) is 38.4 Å². The fraction of sp³-hybridized carbons (Fsp3) is 0.500. The number of carbonyl (C=O) groups is 2. The van der Waals surface area contributed by atoms with Gasteiger partial charge in [0, 0.05) is 36.5 Å². The third kappa shape index (κ3) is 9.16. The van der Waals surface area contributed by atoms with E-state index in [1.807, 2.05) is 0 Å². The van der Waals surface area contributed by atoms with Gasteiger partial charge in [-0.3, -0.25) is 9.59 Å². The Bertz CT molecular complexity index is 1320. The van der Waals surface area contributed by atoms with Crippen molar-refractivity contribution in [3.8, 4) is 5.75 Å². The SMILES string of the molecule is CC(C)(C)OC(=O)CC[C@]1(C(=O)NCC(O)CO)N=C(c2ccc(OCCCO)cc2)O[C@H]1c1ccccc1CN=[N+]=[N-]. The third-order valence-electron chi connectivity index (χ3n) is 6.51. The molecule has 0 fully saturated rings. The largest absolute Gasteiger partial charge is 0.494 e. The molecule has 1 aliphatic heterocycles. The fourth-order valence-corrected chi connectivity index (χ4v) is 4.50. The van der Waals surface area contributed by atoms with E-state index in [1.165, 1.54) is 0 Å². The van der Waals surface area contributed by atoms with Crippen molar-refractivity contribution in [2.24, 2.45) is 10.1 Å². The van der Waals surface area contributed by atoms with Crippen molar-refractivity contribution >= 4 is 17.8 Å². The van der Waals surface area contributed by atoms with Crippen LogP contribution < -0.4 is 10.1 Å². The molecule has 43 heavy (non-hydrogen) atoms. The van der Waals surface area contributed by atoms with Gasteiger partial charge in [-0.1, -0.05) is 29.4 Å². The summed E-state index contributed by atoms with van der Waals surface area (Å²) in [5.41, 5.74) is 8.17. The number of hydrogen-bond acceptors (Lipinski definition) is 10. The normalized spacial score (nSPS) is 18.6. The Labute approximate surface area is 250 Å². The first-order chi connectivity index (χ1) is 20.5. The highest BCUT2D eigenvalue weighted by molar-refractivity contribution is 6.01. The van der Waals surface area contributed by atoms with Gasteiger partial charge in [0.05, 0.1) is 25.9 Å². The lowest BCUT2D eigenvalue weighted by atomic mass is 9.81. The van der Waals surface area contributed by atoms with Gasteiger partial charge in [0.2, 0.25) is 5.90 Å². The van der Waals surface area contributed by atoms with E-state index in [0.29, 0.717) is 35.5 Å². The maximum Gasteiger partial charge on any atom is 0.306 e. The van der Waals surface area contributed by atoms with Crippen LogP contribution in [0.15, 0.2) is 58.6 Å². The van der Waals surface area contributed by atoms with Crippen molar-refractivity contribution in [3.05, 3.63) is 75.7 Å². The minimum Gasteiger partial charge on any atom is -0.494 e. The van der Waals surface area contributed by atoms with E-state index < -0.39 is 41.8 Å². The van der Waals surface area contributed by atoms with Crippen LogP contribution in [0.3, 0.4) is 0 Å². The monoisotopic (exact) mass is 597 g/mol. The summed E-state index contributed by atoms with van der Waals surface area (Å²) in [7, 11) is 0. The Kier molecular flexibility index (Phi) is 11.9. The predicted molar refractivity (Wildman–Crippen MR) is 157 cm³/mol. The zero-order chi connectivity index (χ0) is 31.5. The number of rotatable bonds is 15. The number of aliphatic hydroxyl groups excluding tert-OH is 3. The zero-order valence-corrected chi connectivity index (χ0v) is 24.6. The summed E-state index contributed by atoms with van der Waals surface area (Å²) in [5.74, 6) is -0.471. The van der Waals surface area contributed by atoms with Crippen molar-refractivity contribution in [3.63, 3.8) is 0 Å². The van der Waals surface area contributed by atoms with Crippen LogP contribution in [0.25, 0.3) is 10.4 Å². The molecule has 0 saturated carbocycles. The van der Waals surface area contributed by atoms with E-state index in [0.717, 1.165) is 0 Å². The van der Waals surface area contributed by atoms with Gasteiger partial charge in [-0.25, -0.2) is 4.99 Å². The van der Waals surface area contributed by atoms with Gasteiger partial charge >= 0.3 is 5.97 Å². The van der Waals surface area contributed by atoms with Crippen LogP contribution in [0.4, 0.5) is 0 Å². The second-order valence-corrected chi connectivity index (χ2v) is 11.0. The maximum absolute atomic E-state index is 14.0. The topological polar surface area (TPSA) is 196 Å². The van der Waals surface area contributed by atoms with Gasteiger partial charge < -0.3 is 34.8 Å². The van der Waals surface area contributed by atoms with Gasteiger partial charge in [-0.15, -0.1) is 0 Å². The molecule has 3 atom stereocenters. The van der Waals surface area contributed by atoms with Crippen LogP contribution in [0.5, 0.6) is 5.75 Å². The van der Waals surface area contributed by atoms with Gasteiger partial charge in [0.1, 0.15) is 11.4 Å². The standard InChI is InChI=1S/C30H39N5O8/c1-29(2,3)43-25(39)13-14-30(28(40)32-18-22(38)19-37)26(24-8-5-4-7-21(24)17-33-35-31)42-27(34-30)20-9-11-23(12-10-20)41-16-6-15-36/h4-5,7-12,22,26,36-38H,6,13-19H2,1-3H3,(H,32,40)/t22?,26-,30-/m0/s1. The number of benzene rings is 2. The van der Waals surface area contributed by atoms with E-state index in [4.69, 9.17) is 29.8 Å². The first kappa shape index (κ1) is 33.3. The lowest BCUT2D eigenvalue weighted by Gasteiger charge is -2.32. The summed E-state index contributed by atoms with van der Waals surface area (Å²) in [5, 5.41) is 34.6. The summed E-state index contributed by atoms with van der Waals surface area (Å²) in [4.78, 5) is 34.5. The molecule has 13 heteroatoms. The number of hydrogen-bond donors (Lipinski definition) is 4. The summed E-state index contributed by atoms with van der Waals surface area (Å²) in [6.07, 6.45) is -2.09. The number of amides is 1. The number of nitrogens with one attached hydrogen (secondary N) is 1. The predicted octanol–water partition coefficient (Wildman–Crippen LogP) is 3.11. The highest BCUT2D eigenvalue weighted by atomic mass is 16.6. The van der Waals surface area contributed by atoms with Gasteiger partial charge in [0.15, 0.2) is 11.6 Å². The summed E-state index contributed by atoms with van der Waals surface area (Å²) >= 11 is 0. The highest BCUT2D eigenvalue weighted by Crippen LogP contribution is 2.44. The molecule has 1 unspecified atom stereocenters. The number of azide groups is 1. The van der Waals surface area contributed by atoms with Crippen LogP contribution in [0.2, 0.25) is 0 Å². The average Bonchev–Trinajstić information content (AvgIpc) is 3.38. The Morgan fingerprint density at radius 3 is 2.56 bits per heavy atom. The van der Waals surface area contributed by atoms with Crippen LogP contribution in [0, 0.1) is 0 Å². The first-order valence-corrected chi connectivity index (χ1v) is 14.0. The third-order valence-corrected chi connectivity index (χ3v) is 6.51. The maximum atomic E-state index is 14.0. The summed E-state index contributed by atoms with van der Waals surface area (Å²) < 4.78 is 17.5. The molecular weight excluding hydrogens is 558 g/mol. The molecule has 4 N–H and O–H groups in total. The lowest BCUT2D eigenvalue weighted by Crippen LogP contribution is -2.50. The molecule has 0 radical (unpaired) electrons. The quantitative estimate of drug-likeness (QED) is 0.0790. The second kappa shape index (κ2) is 15.4. The van der Waals surface area contributed by atoms with Crippen molar-refractivity contribution in [2.45, 2.75) is 69.9 Å². The summed E-state index contributed by atoms with van der Waals surface area (Å²) in [6, 6.07) is 13.8. The van der Waals surface area contributed by atoms with Crippen LogP contribution in [0.1, 0.15) is 62.8 Å². The Morgan fingerprint density at radius 2 is 1.91 bits per heavy atom. The number of aliphatic hydroxyl groups is 3. The Balaban J connectivity index is 2.10. The molecule has 2 aromatic rings. The Morgan fingerprint density at radius 1 is 1.19 bits per heavy atom. The van der Waals surface area contributed by atoms with E-state index in [1.54, 1.807) is 69.3 Å². The number of carbonyl (C=O) groups excluding carboxylic acids is 2. The molecule has 3 rings (SSSR count). The van der Waals surface area contributed by atoms with E-state index in [2.05, 4.69) is 15.3 Å². The smallest absolute Gasteiger partial charge is 0.306 e. The van der Waals surface area contributed by atoms with Gasteiger partial charge in [-0.2, -0.15) is 0 Å².